The number of rotatable bonds is 4. The number of carbonyl (C=O) groups is 2. The molecule has 3 rings (SSSR count). The van der Waals surface area contributed by atoms with E-state index in [1.54, 1.807) is 0 Å². The molecule has 2 aliphatic rings. The summed E-state index contributed by atoms with van der Waals surface area (Å²) in [6.45, 7) is 6.21. The Morgan fingerprint density at radius 3 is 2.62 bits per heavy atom. The lowest BCUT2D eigenvalue weighted by atomic mass is 9.75. The number of nitrogens with one attached hydrogen (secondary N) is 2. The maximum atomic E-state index is 12.6. The lowest BCUT2D eigenvalue weighted by molar-refractivity contribution is 0.0896. The highest BCUT2D eigenvalue weighted by atomic mass is 16.2. The summed E-state index contributed by atoms with van der Waals surface area (Å²) in [6.07, 6.45) is 3.09. The fourth-order valence-electron chi connectivity index (χ4n) is 3.56. The van der Waals surface area contributed by atoms with Crippen molar-refractivity contribution >= 4 is 11.7 Å². The number of hydrogen-bond acceptors (Lipinski definition) is 4. The van der Waals surface area contributed by atoms with E-state index in [-0.39, 0.29) is 16.8 Å². The molecular weight excluding hydrogens is 306 g/mol. The van der Waals surface area contributed by atoms with E-state index in [2.05, 4.69) is 10.3 Å². The Labute approximate surface area is 141 Å². The SMILES string of the molecule is CC1(C)CC(=O)c2cc(C(=O)NC(C)(CN)C3CC3)c(=O)[nH]c2C1. The second kappa shape index (κ2) is 5.55. The van der Waals surface area contributed by atoms with E-state index in [1.807, 2.05) is 20.8 Å². The number of aromatic amines is 1. The number of carbonyl (C=O) groups excluding carboxylic acids is 2. The summed E-state index contributed by atoms with van der Waals surface area (Å²) < 4.78 is 0. The first kappa shape index (κ1) is 16.9. The zero-order valence-corrected chi connectivity index (χ0v) is 14.5. The summed E-state index contributed by atoms with van der Waals surface area (Å²) in [5.41, 5.74) is 5.75. The second-order valence-corrected chi connectivity index (χ2v) is 8.20. The monoisotopic (exact) mass is 331 g/mol. The molecule has 1 amide bonds. The molecule has 2 aliphatic carbocycles. The molecular formula is C18H25N3O3. The third-order valence-corrected chi connectivity index (χ3v) is 5.26. The zero-order valence-electron chi connectivity index (χ0n) is 14.5. The van der Waals surface area contributed by atoms with Gasteiger partial charge in [0.15, 0.2) is 5.78 Å². The van der Waals surface area contributed by atoms with Crippen LogP contribution in [0.2, 0.25) is 0 Å². The molecule has 130 valence electrons. The predicted molar refractivity (Wildman–Crippen MR) is 91.1 cm³/mol. The minimum Gasteiger partial charge on any atom is -0.345 e. The Morgan fingerprint density at radius 2 is 2.04 bits per heavy atom. The highest BCUT2D eigenvalue weighted by Crippen LogP contribution is 2.39. The van der Waals surface area contributed by atoms with Crippen molar-refractivity contribution in [1.29, 1.82) is 0 Å². The minimum absolute atomic E-state index is 0.0119. The number of hydrogen-bond donors (Lipinski definition) is 3. The highest BCUT2D eigenvalue weighted by molar-refractivity contribution is 6.02. The zero-order chi connectivity index (χ0) is 17.7. The van der Waals surface area contributed by atoms with E-state index in [0.29, 0.717) is 36.6 Å². The molecule has 1 heterocycles. The van der Waals surface area contributed by atoms with Gasteiger partial charge in [0.2, 0.25) is 0 Å². The van der Waals surface area contributed by atoms with Crippen LogP contribution < -0.4 is 16.6 Å². The van der Waals surface area contributed by atoms with Crippen LogP contribution in [-0.2, 0) is 6.42 Å². The number of amides is 1. The van der Waals surface area contributed by atoms with Crippen molar-refractivity contribution in [2.75, 3.05) is 6.54 Å². The van der Waals surface area contributed by atoms with E-state index in [0.717, 1.165) is 12.8 Å². The molecule has 1 fully saturated rings. The van der Waals surface area contributed by atoms with Crippen LogP contribution in [0.15, 0.2) is 10.9 Å². The first-order valence-corrected chi connectivity index (χ1v) is 8.47. The molecule has 1 unspecified atom stereocenters. The third-order valence-electron chi connectivity index (χ3n) is 5.26. The van der Waals surface area contributed by atoms with Gasteiger partial charge in [0.1, 0.15) is 5.56 Å². The summed E-state index contributed by atoms with van der Waals surface area (Å²) in [7, 11) is 0. The lowest BCUT2D eigenvalue weighted by Crippen LogP contribution is -2.54. The first-order chi connectivity index (χ1) is 11.1. The molecule has 1 atom stereocenters. The van der Waals surface area contributed by atoms with Crippen LogP contribution in [0.4, 0.5) is 0 Å². The van der Waals surface area contributed by atoms with Gasteiger partial charge in [0.25, 0.3) is 11.5 Å². The summed E-state index contributed by atoms with van der Waals surface area (Å²) in [4.78, 5) is 40.1. The van der Waals surface area contributed by atoms with Gasteiger partial charge in [0, 0.05) is 24.2 Å². The fraction of sp³-hybridized carbons (Fsp3) is 0.611. The molecule has 1 aromatic rings. The number of H-pyrrole nitrogens is 1. The van der Waals surface area contributed by atoms with Crippen molar-refractivity contribution in [3.63, 3.8) is 0 Å². The molecule has 0 spiro atoms. The smallest absolute Gasteiger partial charge is 0.261 e. The van der Waals surface area contributed by atoms with Gasteiger partial charge in [-0.3, -0.25) is 14.4 Å². The van der Waals surface area contributed by atoms with Crippen LogP contribution in [0.5, 0.6) is 0 Å². The van der Waals surface area contributed by atoms with Gasteiger partial charge in [0.05, 0.1) is 5.54 Å². The van der Waals surface area contributed by atoms with Crippen LogP contribution in [0, 0.1) is 11.3 Å². The van der Waals surface area contributed by atoms with Crippen molar-refractivity contribution in [2.24, 2.45) is 17.1 Å². The first-order valence-electron chi connectivity index (χ1n) is 8.47. The number of pyridine rings is 1. The summed E-state index contributed by atoms with van der Waals surface area (Å²) in [6, 6.07) is 1.45. The van der Waals surface area contributed by atoms with Gasteiger partial charge in [-0.25, -0.2) is 0 Å². The number of Topliss-reactive ketones (excluding diaryl/α,β-unsaturated/α-hetero) is 1. The van der Waals surface area contributed by atoms with E-state index in [1.165, 1.54) is 6.07 Å². The van der Waals surface area contributed by atoms with E-state index < -0.39 is 17.0 Å². The average Bonchev–Trinajstić information content (AvgIpc) is 3.29. The predicted octanol–water partition coefficient (Wildman–Crippen LogP) is 1.39. The molecule has 1 aromatic heterocycles. The average molecular weight is 331 g/mol. The number of aromatic nitrogens is 1. The summed E-state index contributed by atoms with van der Waals surface area (Å²) in [5, 5.41) is 2.90. The van der Waals surface area contributed by atoms with Crippen LogP contribution in [-0.4, -0.2) is 28.8 Å². The Bertz CT molecular complexity index is 761. The van der Waals surface area contributed by atoms with Gasteiger partial charge >= 0.3 is 0 Å². The van der Waals surface area contributed by atoms with Crippen molar-refractivity contribution in [2.45, 2.75) is 52.0 Å². The Morgan fingerprint density at radius 1 is 1.38 bits per heavy atom. The van der Waals surface area contributed by atoms with Crippen molar-refractivity contribution in [3.8, 4) is 0 Å². The maximum absolute atomic E-state index is 12.6. The topological polar surface area (TPSA) is 105 Å². The summed E-state index contributed by atoms with van der Waals surface area (Å²) >= 11 is 0. The second-order valence-electron chi connectivity index (χ2n) is 8.20. The van der Waals surface area contributed by atoms with Gasteiger partial charge < -0.3 is 16.0 Å². The molecule has 0 radical (unpaired) electrons. The maximum Gasteiger partial charge on any atom is 0.261 e. The van der Waals surface area contributed by atoms with Crippen molar-refractivity contribution in [1.82, 2.24) is 10.3 Å². The Balaban J connectivity index is 1.92. The largest absolute Gasteiger partial charge is 0.345 e. The molecule has 6 nitrogen and oxygen atoms in total. The van der Waals surface area contributed by atoms with E-state index in [9.17, 15) is 14.4 Å². The Hall–Kier alpha value is -1.95. The van der Waals surface area contributed by atoms with Crippen molar-refractivity contribution in [3.05, 3.63) is 33.2 Å². The molecule has 1 saturated carbocycles. The van der Waals surface area contributed by atoms with Crippen LogP contribution >= 0.6 is 0 Å². The Kier molecular flexibility index (Phi) is 3.91. The third kappa shape index (κ3) is 3.02. The number of ketones is 1. The molecule has 0 saturated heterocycles. The van der Waals surface area contributed by atoms with Crippen molar-refractivity contribution < 1.29 is 9.59 Å². The fourth-order valence-corrected chi connectivity index (χ4v) is 3.56. The van der Waals surface area contributed by atoms with Crippen LogP contribution in [0.3, 0.4) is 0 Å². The van der Waals surface area contributed by atoms with Gasteiger partial charge in [-0.05, 0) is 43.6 Å². The molecule has 0 aromatic carbocycles. The van der Waals surface area contributed by atoms with E-state index >= 15 is 0 Å². The molecule has 0 bridgehead atoms. The number of fused-ring (bicyclic) bond motifs is 1. The highest BCUT2D eigenvalue weighted by Gasteiger charge is 2.42. The number of nitrogens with two attached hydrogens (primary N) is 1. The van der Waals surface area contributed by atoms with Crippen LogP contribution in [0.25, 0.3) is 0 Å². The van der Waals surface area contributed by atoms with E-state index in [4.69, 9.17) is 5.73 Å². The lowest BCUT2D eigenvalue weighted by Gasteiger charge is -2.31. The minimum atomic E-state index is -0.509. The molecule has 24 heavy (non-hydrogen) atoms. The standard InChI is InChI=1S/C18H25N3O3/c1-17(2)7-13-11(14(22)8-17)6-12(15(23)20-13)16(24)21-18(3,9-19)10-4-5-10/h6,10H,4-5,7-9,19H2,1-3H3,(H,20,23)(H,21,24). The van der Waals surface area contributed by atoms with Gasteiger partial charge in [-0.1, -0.05) is 13.8 Å². The van der Waals surface area contributed by atoms with Gasteiger partial charge in [-0.15, -0.1) is 0 Å². The molecule has 4 N–H and O–H groups in total. The van der Waals surface area contributed by atoms with Gasteiger partial charge in [-0.2, -0.15) is 0 Å². The molecule has 6 heteroatoms. The quantitative estimate of drug-likeness (QED) is 0.775. The van der Waals surface area contributed by atoms with Crippen LogP contribution in [0.1, 0.15) is 66.4 Å². The normalized spacial score (nSPS) is 21.8. The molecule has 0 aliphatic heterocycles. The summed E-state index contributed by atoms with van der Waals surface area (Å²) in [5.74, 6) is -0.141.